The largest absolute Gasteiger partial charge is 0.324 e. The Kier molecular flexibility index (Phi) is 5.24. The number of carbonyl (C=O) groups is 1. The summed E-state index contributed by atoms with van der Waals surface area (Å²) in [5.41, 5.74) is 6.08. The second kappa shape index (κ2) is 7.40. The number of hydrogen-bond donors (Lipinski definition) is 1. The number of rotatable bonds is 5. The lowest BCUT2D eigenvalue weighted by atomic mass is 9.98. The molecule has 2 aromatic carbocycles. The van der Waals surface area contributed by atoms with Crippen LogP contribution in [0.25, 0.3) is 0 Å². The maximum Gasteiger partial charge on any atom is 0.238 e. The molecule has 0 radical (unpaired) electrons. The second-order valence-electron chi connectivity index (χ2n) is 7.41. The van der Waals surface area contributed by atoms with E-state index in [0.717, 1.165) is 24.1 Å². The smallest absolute Gasteiger partial charge is 0.238 e. The monoisotopic (exact) mass is 336 g/mol. The molecule has 1 aliphatic carbocycles. The predicted octanol–water partition coefficient (Wildman–Crippen LogP) is 4.68. The van der Waals surface area contributed by atoms with Crippen LogP contribution in [0, 0.1) is 6.92 Å². The minimum Gasteiger partial charge on any atom is -0.324 e. The van der Waals surface area contributed by atoms with Crippen LogP contribution < -0.4 is 5.32 Å². The molecule has 3 rings (SSSR count). The first kappa shape index (κ1) is 17.7. The molecule has 0 saturated carbocycles. The lowest BCUT2D eigenvalue weighted by Gasteiger charge is -2.25. The van der Waals surface area contributed by atoms with Crippen molar-refractivity contribution >= 4 is 11.6 Å². The van der Waals surface area contributed by atoms with Gasteiger partial charge in [0.05, 0.1) is 6.54 Å². The number of fused-ring (bicyclic) bond motifs is 1. The number of carbonyl (C=O) groups excluding carboxylic acids is 1. The molecule has 132 valence electrons. The molecule has 1 amide bonds. The summed E-state index contributed by atoms with van der Waals surface area (Å²) in [7, 11) is 2.05. The fourth-order valence-electron chi connectivity index (χ4n) is 3.85. The van der Waals surface area contributed by atoms with Gasteiger partial charge in [0.1, 0.15) is 0 Å². The highest BCUT2D eigenvalue weighted by molar-refractivity contribution is 5.94. The Labute approximate surface area is 151 Å². The standard InChI is InChI=1S/C22H28N2O/c1-15(2)18-11-7-8-16(3)22(18)23-21(25)14-24(4)20-13-12-17-9-5-6-10-19(17)20/h5-11,15,20H,12-14H2,1-4H3,(H,23,25)/t20-/m0/s1. The first-order valence-corrected chi connectivity index (χ1v) is 9.14. The predicted molar refractivity (Wildman–Crippen MR) is 104 cm³/mol. The van der Waals surface area contributed by atoms with Gasteiger partial charge in [0, 0.05) is 11.7 Å². The Hall–Kier alpha value is -2.13. The Balaban J connectivity index is 1.70. The molecule has 2 aromatic rings. The Morgan fingerprint density at radius 3 is 2.72 bits per heavy atom. The number of likely N-dealkylation sites (N-methyl/N-ethyl adjacent to an activating group) is 1. The number of anilines is 1. The van der Waals surface area contributed by atoms with Gasteiger partial charge < -0.3 is 5.32 Å². The maximum absolute atomic E-state index is 12.7. The SMILES string of the molecule is Cc1cccc(C(C)C)c1NC(=O)CN(C)[C@H]1CCc2ccccc21. The van der Waals surface area contributed by atoms with Gasteiger partial charge in [-0.15, -0.1) is 0 Å². The lowest BCUT2D eigenvalue weighted by molar-refractivity contribution is -0.117. The van der Waals surface area contributed by atoms with E-state index in [4.69, 9.17) is 0 Å². The van der Waals surface area contributed by atoms with Crippen molar-refractivity contribution in [2.45, 2.75) is 45.6 Å². The van der Waals surface area contributed by atoms with Gasteiger partial charge in [0.15, 0.2) is 0 Å². The number of benzene rings is 2. The summed E-state index contributed by atoms with van der Waals surface area (Å²) >= 11 is 0. The van der Waals surface area contributed by atoms with E-state index in [1.165, 1.54) is 16.7 Å². The molecule has 3 nitrogen and oxygen atoms in total. The van der Waals surface area contributed by atoms with E-state index >= 15 is 0 Å². The molecule has 0 bridgehead atoms. The molecular weight excluding hydrogens is 308 g/mol. The van der Waals surface area contributed by atoms with Crippen LogP contribution >= 0.6 is 0 Å². The van der Waals surface area contributed by atoms with E-state index in [1.54, 1.807) is 0 Å². The van der Waals surface area contributed by atoms with E-state index in [0.29, 0.717) is 18.5 Å². The van der Waals surface area contributed by atoms with Gasteiger partial charge in [-0.25, -0.2) is 0 Å². The number of hydrogen-bond acceptors (Lipinski definition) is 2. The van der Waals surface area contributed by atoms with Crippen LogP contribution in [-0.2, 0) is 11.2 Å². The van der Waals surface area contributed by atoms with Crippen molar-refractivity contribution in [2.24, 2.45) is 0 Å². The zero-order valence-electron chi connectivity index (χ0n) is 15.7. The van der Waals surface area contributed by atoms with Gasteiger partial charge in [-0.3, -0.25) is 9.69 Å². The third kappa shape index (κ3) is 3.77. The van der Waals surface area contributed by atoms with E-state index < -0.39 is 0 Å². The summed E-state index contributed by atoms with van der Waals surface area (Å²) in [5.74, 6) is 0.442. The van der Waals surface area contributed by atoms with Crippen molar-refractivity contribution in [3.8, 4) is 0 Å². The molecule has 1 aliphatic rings. The molecule has 0 saturated heterocycles. The van der Waals surface area contributed by atoms with Crippen LogP contribution in [0.15, 0.2) is 42.5 Å². The number of amides is 1. The maximum atomic E-state index is 12.7. The number of aryl methyl sites for hydroxylation is 2. The molecule has 0 spiro atoms. The zero-order chi connectivity index (χ0) is 18.0. The van der Waals surface area contributed by atoms with Gasteiger partial charge in [-0.1, -0.05) is 56.3 Å². The van der Waals surface area contributed by atoms with Gasteiger partial charge >= 0.3 is 0 Å². The van der Waals surface area contributed by atoms with Crippen molar-refractivity contribution in [3.05, 3.63) is 64.7 Å². The number of para-hydroxylation sites is 1. The third-order valence-electron chi connectivity index (χ3n) is 5.22. The summed E-state index contributed by atoms with van der Waals surface area (Å²) in [6, 6.07) is 15.1. The minimum absolute atomic E-state index is 0.0584. The summed E-state index contributed by atoms with van der Waals surface area (Å²) in [5, 5.41) is 3.16. The highest BCUT2D eigenvalue weighted by Crippen LogP contribution is 2.34. The molecule has 3 heteroatoms. The molecule has 0 heterocycles. The summed E-state index contributed by atoms with van der Waals surface area (Å²) < 4.78 is 0. The minimum atomic E-state index is 0.0584. The molecular formula is C22H28N2O. The van der Waals surface area contributed by atoms with Crippen LogP contribution in [0.1, 0.15) is 54.5 Å². The Bertz CT molecular complexity index is 766. The number of nitrogens with one attached hydrogen (secondary N) is 1. The van der Waals surface area contributed by atoms with Gasteiger partial charge in [-0.2, -0.15) is 0 Å². The van der Waals surface area contributed by atoms with Crippen molar-refractivity contribution in [1.29, 1.82) is 0 Å². The summed E-state index contributed by atoms with van der Waals surface area (Å²) in [4.78, 5) is 14.8. The molecule has 1 N–H and O–H groups in total. The fraction of sp³-hybridized carbons (Fsp3) is 0.409. The summed E-state index contributed by atoms with van der Waals surface area (Å²) in [6.45, 7) is 6.78. The average molecular weight is 336 g/mol. The first-order chi connectivity index (χ1) is 12.0. The van der Waals surface area contributed by atoms with E-state index in [2.05, 4.69) is 73.5 Å². The van der Waals surface area contributed by atoms with E-state index in [-0.39, 0.29) is 5.91 Å². The number of nitrogens with zero attached hydrogens (tertiary/aromatic N) is 1. The average Bonchev–Trinajstić information content (AvgIpc) is 3.00. The van der Waals surface area contributed by atoms with Crippen LogP contribution in [0.3, 0.4) is 0 Å². The van der Waals surface area contributed by atoms with Crippen LogP contribution in [-0.4, -0.2) is 24.4 Å². The zero-order valence-corrected chi connectivity index (χ0v) is 15.7. The van der Waals surface area contributed by atoms with Crippen LogP contribution in [0.2, 0.25) is 0 Å². The molecule has 0 fully saturated rings. The van der Waals surface area contributed by atoms with Crippen LogP contribution in [0.5, 0.6) is 0 Å². The summed E-state index contributed by atoms with van der Waals surface area (Å²) in [6.07, 6.45) is 2.19. The molecule has 0 unspecified atom stereocenters. The van der Waals surface area contributed by atoms with E-state index in [9.17, 15) is 4.79 Å². The quantitative estimate of drug-likeness (QED) is 0.860. The van der Waals surface area contributed by atoms with Gasteiger partial charge in [0.2, 0.25) is 5.91 Å². The lowest BCUT2D eigenvalue weighted by Crippen LogP contribution is -2.33. The Morgan fingerprint density at radius 2 is 1.96 bits per heavy atom. The van der Waals surface area contributed by atoms with Crippen molar-refractivity contribution < 1.29 is 4.79 Å². The molecule has 25 heavy (non-hydrogen) atoms. The Morgan fingerprint density at radius 1 is 1.20 bits per heavy atom. The molecule has 0 aliphatic heterocycles. The highest BCUT2D eigenvalue weighted by atomic mass is 16.2. The molecule has 0 aromatic heterocycles. The second-order valence-corrected chi connectivity index (χ2v) is 7.41. The molecule has 1 atom stereocenters. The van der Waals surface area contributed by atoms with Gasteiger partial charge in [-0.05, 0) is 55.0 Å². The first-order valence-electron chi connectivity index (χ1n) is 9.14. The normalized spacial score (nSPS) is 16.3. The van der Waals surface area contributed by atoms with Crippen molar-refractivity contribution in [3.63, 3.8) is 0 Å². The van der Waals surface area contributed by atoms with Gasteiger partial charge in [0.25, 0.3) is 0 Å². The topological polar surface area (TPSA) is 32.3 Å². The van der Waals surface area contributed by atoms with Crippen LogP contribution in [0.4, 0.5) is 5.69 Å². The third-order valence-corrected chi connectivity index (χ3v) is 5.22. The van der Waals surface area contributed by atoms with Crippen molar-refractivity contribution in [2.75, 3.05) is 18.9 Å². The van der Waals surface area contributed by atoms with E-state index in [1.807, 2.05) is 7.05 Å². The van der Waals surface area contributed by atoms with Crippen molar-refractivity contribution in [1.82, 2.24) is 4.90 Å². The highest BCUT2D eigenvalue weighted by Gasteiger charge is 2.26. The fourth-order valence-corrected chi connectivity index (χ4v) is 3.85.